The van der Waals surface area contributed by atoms with Crippen molar-refractivity contribution in [2.45, 2.75) is 60.7 Å². The molecule has 0 saturated carbocycles. The van der Waals surface area contributed by atoms with Crippen LogP contribution in [0.3, 0.4) is 0 Å². The van der Waals surface area contributed by atoms with Crippen LogP contribution in [0, 0.1) is 13.8 Å². The number of carbonyl (C=O) groups is 1. The van der Waals surface area contributed by atoms with E-state index in [9.17, 15) is 75.0 Å². The largest absolute Gasteiger partial charge is 0.393 e. The van der Waals surface area contributed by atoms with Gasteiger partial charge in [-0.1, -0.05) is 6.07 Å². The van der Waals surface area contributed by atoms with Crippen molar-refractivity contribution >= 4 is 23.2 Å². The Morgan fingerprint density at radius 1 is 0.611 bits per heavy atom. The summed E-state index contributed by atoms with van der Waals surface area (Å²) in [7, 11) is 0. The fourth-order valence-corrected chi connectivity index (χ4v) is 2.45. The maximum absolute atomic E-state index is 13.9. The number of benzene rings is 1. The Morgan fingerprint density at radius 2 is 0.972 bits per heavy atom. The lowest BCUT2D eigenvalue weighted by molar-refractivity contribution is -0.445. The van der Waals surface area contributed by atoms with Crippen LogP contribution in [0.25, 0.3) is 0 Å². The minimum atomic E-state index is -8.62. The molecule has 1 amide bonds. The SMILES string of the molecule is Cc1ccc(NC(=O)C(F)(F)C(F)(F)C(F)(F)C(F)(F)C(F)(F)C(F)(F)C(F)(F)C(F)(F)Cl)cc1C. The highest BCUT2D eigenvalue weighted by molar-refractivity contribution is 6.22. The molecule has 1 aromatic carbocycles. The van der Waals surface area contributed by atoms with E-state index in [2.05, 4.69) is 11.6 Å². The molecule has 2 nitrogen and oxygen atoms in total. The lowest BCUT2D eigenvalue weighted by Crippen LogP contribution is -2.75. The number of hydrogen-bond acceptors (Lipinski definition) is 1. The first-order chi connectivity index (χ1) is 15.6. The van der Waals surface area contributed by atoms with Crippen LogP contribution in [0.1, 0.15) is 11.1 Å². The van der Waals surface area contributed by atoms with Gasteiger partial charge in [0.2, 0.25) is 0 Å². The first-order valence-corrected chi connectivity index (χ1v) is 9.03. The van der Waals surface area contributed by atoms with E-state index in [4.69, 9.17) is 0 Å². The average Bonchev–Trinajstić information content (AvgIpc) is 2.68. The third-order valence-corrected chi connectivity index (χ3v) is 5.01. The van der Waals surface area contributed by atoms with E-state index < -0.39 is 58.4 Å². The highest BCUT2D eigenvalue weighted by Gasteiger charge is 2.95. The summed E-state index contributed by atoms with van der Waals surface area (Å²) in [6.45, 7) is 2.67. The van der Waals surface area contributed by atoms with E-state index in [0.717, 1.165) is 17.4 Å². The Bertz CT molecular complexity index is 1000. The van der Waals surface area contributed by atoms with Gasteiger partial charge in [-0.3, -0.25) is 4.79 Å². The zero-order valence-electron chi connectivity index (χ0n) is 17.1. The minimum Gasteiger partial charge on any atom is -0.321 e. The predicted octanol–water partition coefficient (Wildman–Crippen LogP) is 7.52. The molecule has 0 spiro atoms. The summed E-state index contributed by atoms with van der Waals surface area (Å²) >= 11 is 3.43. The molecular weight excluding hydrogens is 574 g/mol. The van der Waals surface area contributed by atoms with Gasteiger partial charge in [0.25, 0.3) is 0 Å². The quantitative estimate of drug-likeness (QED) is 0.237. The minimum absolute atomic E-state index is 0.165. The average molecular weight is 584 g/mol. The maximum Gasteiger partial charge on any atom is 0.393 e. The molecule has 0 atom stereocenters. The standard InChI is InChI=1S/C17H10ClF16NO/c1-6-3-4-8(5-7(6)2)35-9(36)10(19,20)11(21,22)12(23,24)13(25,26)14(27,28)15(29,30)16(31,32)17(18,33)34/h3-5H,1-2H3,(H,35,36). The molecule has 1 N–H and O–H groups in total. The molecule has 0 saturated heterocycles. The van der Waals surface area contributed by atoms with Gasteiger partial charge in [-0.2, -0.15) is 70.2 Å². The highest BCUT2D eigenvalue weighted by atomic mass is 35.5. The molecule has 0 fully saturated rings. The van der Waals surface area contributed by atoms with Gasteiger partial charge in [0.1, 0.15) is 0 Å². The van der Waals surface area contributed by atoms with Gasteiger partial charge in [0.05, 0.1) is 0 Å². The van der Waals surface area contributed by atoms with Crippen molar-refractivity contribution in [1.29, 1.82) is 0 Å². The van der Waals surface area contributed by atoms with Crippen LogP contribution in [0.15, 0.2) is 18.2 Å². The Labute approximate surface area is 194 Å². The van der Waals surface area contributed by atoms with E-state index in [1.807, 2.05) is 0 Å². The summed E-state index contributed by atoms with van der Waals surface area (Å²) < 4.78 is 215. The van der Waals surface area contributed by atoms with E-state index in [0.29, 0.717) is 11.6 Å². The number of rotatable bonds is 9. The van der Waals surface area contributed by atoms with Crippen molar-refractivity contribution < 1.29 is 75.0 Å². The Morgan fingerprint density at radius 3 is 1.33 bits per heavy atom. The number of anilines is 1. The predicted molar refractivity (Wildman–Crippen MR) is 90.0 cm³/mol. The summed E-state index contributed by atoms with van der Waals surface area (Å²) in [6.07, 6.45) is 0. The van der Waals surface area contributed by atoms with Gasteiger partial charge in [-0.25, -0.2) is 0 Å². The Hall–Kier alpha value is -2.14. The number of halogens is 17. The zero-order valence-corrected chi connectivity index (χ0v) is 17.8. The molecule has 1 rings (SSSR count). The van der Waals surface area contributed by atoms with Crippen LogP contribution in [-0.2, 0) is 4.79 Å². The molecule has 0 aliphatic carbocycles. The van der Waals surface area contributed by atoms with Crippen molar-refractivity contribution in [2.75, 3.05) is 5.32 Å². The van der Waals surface area contributed by atoms with Gasteiger partial charge in [-0.05, 0) is 48.7 Å². The second kappa shape index (κ2) is 8.72. The van der Waals surface area contributed by atoms with Crippen LogP contribution >= 0.6 is 11.6 Å². The summed E-state index contributed by atoms with van der Waals surface area (Å²) in [6, 6.07) is 2.54. The fraction of sp³-hybridized carbons (Fsp3) is 0.588. The van der Waals surface area contributed by atoms with E-state index in [-0.39, 0.29) is 5.56 Å². The van der Waals surface area contributed by atoms with Gasteiger partial charge in [-0.15, -0.1) is 0 Å². The zero-order chi connectivity index (χ0) is 29.1. The van der Waals surface area contributed by atoms with Crippen molar-refractivity contribution in [3.05, 3.63) is 29.3 Å². The Balaban J connectivity index is 3.58. The maximum atomic E-state index is 13.9. The summed E-state index contributed by atoms with van der Waals surface area (Å²) in [5.41, 5.74) is -0.271. The van der Waals surface area contributed by atoms with E-state index in [1.54, 1.807) is 0 Å². The van der Waals surface area contributed by atoms with Gasteiger partial charge in [0, 0.05) is 5.69 Å². The molecule has 1 aromatic rings. The number of aryl methyl sites for hydroxylation is 2. The first-order valence-electron chi connectivity index (χ1n) is 8.65. The lowest BCUT2D eigenvalue weighted by Gasteiger charge is -2.42. The summed E-state index contributed by atoms with van der Waals surface area (Å²) in [4.78, 5) is 11.5. The molecule has 0 radical (unpaired) electrons. The normalized spacial score (nSPS) is 15.2. The van der Waals surface area contributed by atoms with Gasteiger partial charge in [0.15, 0.2) is 0 Å². The van der Waals surface area contributed by atoms with Crippen LogP contribution in [0.4, 0.5) is 75.9 Å². The van der Waals surface area contributed by atoms with Crippen LogP contribution in [0.5, 0.6) is 0 Å². The van der Waals surface area contributed by atoms with E-state index in [1.165, 1.54) is 13.8 Å². The third kappa shape index (κ3) is 4.31. The molecule has 19 heteroatoms. The molecule has 36 heavy (non-hydrogen) atoms. The molecule has 0 aliphatic rings. The van der Waals surface area contributed by atoms with Crippen molar-refractivity contribution in [3.63, 3.8) is 0 Å². The fourth-order valence-electron chi connectivity index (χ4n) is 2.34. The molecule has 0 aromatic heterocycles. The smallest absolute Gasteiger partial charge is 0.321 e. The van der Waals surface area contributed by atoms with Crippen LogP contribution in [-0.4, -0.2) is 52.7 Å². The van der Waals surface area contributed by atoms with Gasteiger partial charge < -0.3 is 5.32 Å². The second-order valence-electron chi connectivity index (χ2n) is 7.27. The molecular formula is C17H10ClF16NO. The lowest BCUT2D eigenvalue weighted by atomic mass is 9.89. The Kier molecular flexibility index (Phi) is 7.72. The topological polar surface area (TPSA) is 29.1 Å². The highest BCUT2D eigenvalue weighted by Crippen LogP contribution is 2.64. The third-order valence-electron chi connectivity index (χ3n) is 4.77. The molecule has 0 heterocycles. The number of carbonyl (C=O) groups excluding carboxylic acids is 1. The van der Waals surface area contributed by atoms with Crippen molar-refractivity contribution in [2.24, 2.45) is 0 Å². The number of alkyl halides is 17. The van der Waals surface area contributed by atoms with Gasteiger partial charge >= 0.3 is 52.7 Å². The number of hydrogen-bond donors (Lipinski definition) is 1. The molecule has 208 valence electrons. The molecule has 0 aliphatic heterocycles. The summed E-state index contributed by atoms with van der Waals surface area (Å²) in [5, 5.41) is -5.98. The number of nitrogens with one attached hydrogen (secondary N) is 1. The van der Waals surface area contributed by atoms with Crippen molar-refractivity contribution in [1.82, 2.24) is 0 Å². The van der Waals surface area contributed by atoms with E-state index >= 15 is 0 Å². The van der Waals surface area contributed by atoms with Crippen molar-refractivity contribution in [3.8, 4) is 0 Å². The second-order valence-corrected chi connectivity index (χ2v) is 7.75. The first kappa shape index (κ1) is 31.9. The molecule has 0 bridgehead atoms. The van der Waals surface area contributed by atoms with Crippen LogP contribution in [0.2, 0.25) is 0 Å². The monoisotopic (exact) mass is 583 g/mol. The molecule has 0 unspecified atom stereocenters. The number of amides is 1. The summed E-state index contributed by atoms with van der Waals surface area (Å²) in [5.74, 6) is -60.5. The van der Waals surface area contributed by atoms with Crippen LogP contribution < -0.4 is 5.32 Å².